The van der Waals surface area contributed by atoms with Crippen LogP contribution in [0.1, 0.15) is 5.76 Å². The molecule has 0 fully saturated rings. The Morgan fingerprint density at radius 1 is 1.17 bits per heavy atom. The van der Waals surface area contributed by atoms with Crippen LogP contribution in [-0.2, 0) is 4.79 Å². The maximum atomic E-state index is 10.6. The number of carbonyl (C=O) groups excluding carboxylic acids is 1. The van der Waals surface area contributed by atoms with Crippen LogP contribution >= 0.6 is 23.2 Å². The van der Waals surface area contributed by atoms with Gasteiger partial charge in [-0.3, -0.25) is 4.79 Å². The first-order valence-electron chi connectivity index (χ1n) is 5.09. The molecule has 92 valence electrons. The molecular formula is C13H9Cl2NO2. The molecule has 2 N–H and O–H groups in total. The Labute approximate surface area is 114 Å². The smallest absolute Gasteiger partial charge is 0.241 e. The number of halogens is 2. The molecule has 0 spiro atoms. The van der Waals surface area contributed by atoms with Crippen molar-refractivity contribution in [3.63, 3.8) is 0 Å². The molecule has 0 radical (unpaired) electrons. The molecule has 5 heteroatoms. The van der Waals surface area contributed by atoms with E-state index in [2.05, 4.69) is 0 Å². The van der Waals surface area contributed by atoms with Crippen LogP contribution < -0.4 is 5.73 Å². The van der Waals surface area contributed by atoms with E-state index in [0.717, 1.165) is 5.56 Å². The fourth-order valence-corrected chi connectivity index (χ4v) is 1.71. The van der Waals surface area contributed by atoms with Crippen molar-refractivity contribution in [2.24, 2.45) is 5.73 Å². The van der Waals surface area contributed by atoms with Gasteiger partial charge in [0.25, 0.3) is 0 Å². The third kappa shape index (κ3) is 2.94. The molecule has 3 nitrogen and oxygen atoms in total. The predicted molar refractivity (Wildman–Crippen MR) is 72.4 cm³/mol. The lowest BCUT2D eigenvalue weighted by Gasteiger charge is -1.99. The third-order valence-electron chi connectivity index (χ3n) is 2.24. The van der Waals surface area contributed by atoms with E-state index < -0.39 is 5.91 Å². The second-order valence-corrected chi connectivity index (χ2v) is 4.38. The molecule has 18 heavy (non-hydrogen) atoms. The Morgan fingerprint density at radius 3 is 2.61 bits per heavy atom. The molecule has 0 atom stereocenters. The summed E-state index contributed by atoms with van der Waals surface area (Å²) >= 11 is 11.8. The van der Waals surface area contributed by atoms with Crippen LogP contribution in [-0.4, -0.2) is 5.91 Å². The normalized spacial score (nSPS) is 11.0. The maximum Gasteiger partial charge on any atom is 0.241 e. The van der Waals surface area contributed by atoms with Gasteiger partial charge in [-0.25, -0.2) is 0 Å². The van der Waals surface area contributed by atoms with E-state index in [-0.39, 0.29) is 0 Å². The van der Waals surface area contributed by atoms with Crippen LogP contribution in [0.4, 0.5) is 0 Å². The molecule has 0 saturated heterocycles. The molecule has 1 heterocycles. The second kappa shape index (κ2) is 5.29. The van der Waals surface area contributed by atoms with Crippen LogP contribution in [0.2, 0.25) is 10.0 Å². The number of primary amides is 1. The molecule has 0 bridgehead atoms. The minimum atomic E-state index is -0.525. The number of amides is 1. The number of nitrogens with two attached hydrogens (primary N) is 1. The highest BCUT2D eigenvalue weighted by Crippen LogP contribution is 2.29. The number of furan rings is 1. The molecule has 0 unspecified atom stereocenters. The Kier molecular flexibility index (Phi) is 3.75. The Balaban J connectivity index is 2.29. The average molecular weight is 282 g/mol. The summed E-state index contributed by atoms with van der Waals surface area (Å²) in [5, 5.41) is 0.945. The summed E-state index contributed by atoms with van der Waals surface area (Å²) in [5.41, 5.74) is 5.80. The van der Waals surface area contributed by atoms with E-state index in [1.54, 1.807) is 30.3 Å². The minimum Gasteiger partial charge on any atom is -0.457 e. The zero-order valence-corrected chi connectivity index (χ0v) is 10.7. The Bertz CT molecular complexity index is 617. The molecule has 2 rings (SSSR count). The fraction of sp³-hybridized carbons (Fsp3) is 0. The maximum absolute atomic E-state index is 10.6. The summed E-state index contributed by atoms with van der Waals surface area (Å²) in [6.07, 6.45) is 2.74. The Hall–Kier alpha value is -1.71. The van der Waals surface area contributed by atoms with Crippen LogP contribution in [0.25, 0.3) is 17.4 Å². The van der Waals surface area contributed by atoms with Gasteiger partial charge in [-0.05, 0) is 36.4 Å². The van der Waals surface area contributed by atoms with E-state index in [1.807, 2.05) is 0 Å². The number of rotatable bonds is 3. The van der Waals surface area contributed by atoms with Crippen molar-refractivity contribution in [3.8, 4) is 11.3 Å². The van der Waals surface area contributed by atoms with Crippen molar-refractivity contribution in [3.05, 3.63) is 52.2 Å². The van der Waals surface area contributed by atoms with Crippen molar-refractivity contribution >= 4 is 35.2 Å². The van der Waals surface area contributed by atoms with Crippen LogP contribution in [0.5, 0.6) is 0 Å². The number of benzene rings is 1. The predicted octanol–water partition coefficient (Wildman–Crippen LogP) is 3.75. The number of hydrogen-bond donors (Lipinski definition) is 1. The average Bonchev–Trinajstić information content (AvgIpc) is 2.79. The number of hydrogen-bond acceptors (Lipinski definition) is 2. The van der Waals surface area contributed by atoms with Crippen molar-refractivity contribution in [2.75, 3.05) is 0 Å². The molecule has 1 aromatic heterocycles. The molecule has 0 aliphatic rings. The summed E-state index contributed by atoms with van der Waals surface area (Å²) < 4.78 is 5.52. The van der Waals surface area contributed by atoms with E-state index in [0.29, 0.717) is 21.6 Å². The van der Waals surface area contributed by atoms with E-state index >= 15 is 0 Å². The van der Waals surface area contributed by atoms with Crippen molar-refractivity contribution in [1.82, 2.24) is 0 Å². The summed E-state index contributed by atoms with van der Waals surface area (Å²) in [6, 6.07) is 8.72. The molecule has 2 aromatic rings. The molecule has 0 aliphatic heterocycles. The highest BCUT2D eigenvalue weighted by molar-refractivity contribution is 6.42. The highest BCUT2D eigenvalue weighted by atomic mass is 35.5. The largest absolute Gasteiger partial charge is 0.457 e. The topological polar surface area (TPSA) is 56.2 Å². The minimum absolute atomic E-state index is 0.458. The lowest BCUT2D eigenvalue weighted by molar-refractivity contribution is -0.113. The fourth-order valence-electron chi connectivity index (χ4n) is 1.41. The quantitative estimate of drug-likeness (QED) is 0.871. The zero-order valence-electron chi connectivity index (χ0n) is 9.19. The summed E-state index contributed by atoms with van der Waals surface area (Å²) in [5.74, 6) is 0.648. The van der Waals surface area contributed by atoms with Crippen LogP contribution in [0.15, 0.2) is 40.8 Å². The van der Waals surface area contributed by atoms with Crippen molar-refractivity contribution in [2.45, 2.75) is 0 Å². The SMILES string of the molecule is NC(=O)/C=C/c1ccc(-c2ccc(Cl)c(Cl)c2)o1. The zero-order chi connectivity index (χ0) is 13.1. The van der Waals surface area contributed by atoms with Gasteiger partial charge in [0.15, 0.2) is 0 Å². The molecular weight excluding hydrogens is 273 g/mol. The van der Waals surface area contributed by atoms with Crippen LogP contribution in [0, 0.1) is 0 Å². The first kappa shape index (κ1) is 12.7. The van der Waals surface area contributed by atoms with Crippen molar-refractivity contribution in [1.29, 1.82) is 0 Å². The van der Waals surface area contributed by atoms with E-state index in [4.69, 9.17) is 33.4 Å². The standard InChI is InChI=1S/C13H9Cl2NO2/c14-10-4-1-8(7-11(10)15)12-5-2-9(18-12)3-6-13(16)17/h1-7H,(H2,16,17)/b6-3+. The van der Waals surface area contributed by atoms with Gasteiger partial charge >= 0.3 is 0 Å². The third-order valence-corrected chi connectivity index (χ3v) is 2.98. The van der Waals surface area contributed by atoms with Gasteiger partial charge < -0.3 is 10.2 Å². The molecule has 0 saturated carbocycles. The van der Waals surface area contributed by atoms with Gasteiger partial charge in [0, 0.05) is 11.6 Å². The van der Waals surface area contributed by atoms with Crippen LogP contribution in [0.3, 0.4) is 0 Å². The summed E-state index contributed by atoms with van der Waals surface area (Å²) in [7, 11) is 0. The lowest BCUT2D eigenvalue weighted by Crippen LogP contribution is -2.04. The first-order valence-corrected chi connectivity index (χ1v) is 5.84. The first-order chi connectivity index (χ1) is 8.56. The summed E-state index contributed by atoms with van der Waals surface area (Å²) in [4.78, 5) is 10.6. The molecule has 1 aromatic carbocycles. The van der Waals surface area contributed by atoms with Crippen molar-refractivity contribution < 1.29 is 9.21 Å². The second-order valence-electron chi connectivity index (χ2n) is 3.57. The van der Waals surface area contributed by atoms with Gasteiger partial charge in [-0.1, -0.05) is 23.2 Å². The highest BCUT2D eigenvalue weighted by Gasteiger charge is 2.05. The van der Waals surface area contributed by atoms with Gasteiger partial charge in [0.05, 0.1) is 10.0 Å². The van der Waals surface area contributed by atoms with E-state index in [9.17, 15) is 4.79 Å². The van der Waals surface area contributed by atoms with Gasteiger partial charge in [0.2, 0.25) is 5.91 Å². The Morgan fingerprint density at radius 2 is 1.94 bits per heavy atom. The number of carbonyl (C=O) groups is 1. The molecule has 0 aliphatic carbocycles. The monoisotopic (exact) mass is 281 g/mol. The van der Waals surface area contributed by atoms with Gasteiger partial charge in [-0.2, -0.15) is 0 Å². The van der Waals surface area contributed by atoms with Gasteiger partial charge in [0.1, 0.15) is 11.5 Å². The molecule has 1 amide bonds. The van der Waals surface area contributed by atoms with E-state index in [1.165, 1.54) is 12.2 Å². The van der Waals surface area contributed by atoms with Gasteiger partial charge in [-0.15, -0.1) is 0 Å². The lowest BCUT2D eigenvalue weighted by atomic mass is 10.2. The summed E-state index contributed by atoms with van der Waals surface area (Å²) in [6.45, 7) is 0.